The van der Waals surface area contributed by atoms with Crippen LogP contribution in [-0.4, -0.2) is 47.2 Å². The number of hydrogen-bond donors (Lipinski definition) is 2. The van der Waals surface area contributed by atoms with Crippen LogP contribution in [-0.2, 0) is 20.0 Å². The normalized spacial score (nSPS) is 18.4. The van der Waals surface area contributed by atoms with E-state index < -0.39 is 26.0 Å². The number of carbonyl (C=O) groups excluding carboxylic acids is 1. The van der Waals surface area contributed by atoms with E-state index >= 15 is 0 Å². The number of hydrogen-bond acceptors (Lipinski definition) is 6. The largest absolute Gasteiger partial charge is 0.497 e. The minimum absolute atomic E-state index is 0.000544. The van der Waals surface area contributed by atoms with Gasteiger partial charge in [0.05, 0.1) is 28.4 Å². The fraction of sp³-hybridized carbons (Fsp3) is 0.296. The molecule has 1 heterocycles. The highest BCUT2D eigenvalue weighted by molar-refractivity contribution is 7.93. The highest BCUT2D eigenvalue weighted by Gasteiger charge is 2.32. The fourth-order valence-electron chi connectivity index (χ4n) is 4.64. The third-order valence-electron chi connectivity index (χ3n) is 6.41. The van der Waals surface area contributed by atoms with E-state index in [1.54, 1.807) is 18.2 Å². The Labute approximate surface area is 234 Å². The number of para-hydroxylation sites is 1. The van der Waals surface area contributed by atoms with E-state index in [9.17, 15) is 21.6 Å². The minimum atomic E-state index is -4.22. The molecule has 1 aliphatic heterocycles. The van der Waals surface area contributed by atoms with Gasteiger partial charge in [0.2, 0.25) is 10.0 Å². The molecular formula is C27H30ClN3O6S2. The van der Waals surface area contributed by atoms with Gasteiger partial charge in [-0.05, 0) is 60.7 Å². The number of sulfonamides is 2. The standard InChI is InChI=1S/C27H30ClN3O6S2/c1-18-13-19(2)17-31(16-18)39(35,36)22-8-6-7-20(14-22)27(32)29-25-12-11-21(37-3)15-26(25)38(33,34)30-24-10-5-4-9-23(24)28/h4-12,14-15,18-19,30H,13,16-17H2,1-3H3,(H,29,32). The number of methoxy groups -OCH3 is 1. The topological polar surface area (TPSA) is 122 Å². The van der Waals surface area contributed by atoms with Gasteiger partial charge in [-0.15, -0.1) is 0 Å². The maximum atomic E-state index is 13.4. The Bertz CT molecular complexity index is 1580. The smallest absolute Gasteiger partial charge is 0.264 e. The zero-order valence-electron chi connectivity index (χ0n) is 21.7. The summed E-state index contributed by atoms with van der Waals surface area (Å²) in [6.07, 6.45) is 0.951. The number of halogens is 1. The Morgan fingerprint density at radius 1 is 0.923 bits per heavy atom. The van der Waals surface area contributed by atoms with E-state index in [0.717, 1.165) is 6.42 Å². The highest BCUT2D eigenvalue weighted by atomic mass is 35.5. The Morgan fingerprint density at radius 2 is 1.62 bits per heavy atom. The summed E-state index contributed by atoms with van der Waals surface area (Å²) in [6, 6.07) is 16.2. The van der Waals surface area contributed by atoms with Crippen LogP contribution in [0.1, 0.15) is 30.6 Å². The monoisotopic (exact) mass is 591 g/mol. The number of nitrogens with one attached hydrogen (secondary N) is 2. The van der Waals surface area contributed by atoms with Crippen LogP contribution in [0.3, 0.4) is 0 Å². The van der Waals surface area contributed by atoms with Gasteiger partial charge in [-0.3, -0.25) is 9.52 Å². The molecule has 2 atom stereocenters. The number of ether oxygens (including phenoxy) is 1. The first kappa shape index (κ1) is 28.9. The third-order valence-corrected chi connectivity index (χ3v) is 9.98. The van der Waals surface area contributed by atoms with Crippen molar-refractivity contribution in [3.63, 3.8) is 0 Å². The van der Waals surface area contributed by atoms with Crippen molar-refractivity contribution in [2.45, 2.75) is 30.1 Å². The number of amides is 1. The molecule has 2 unspecified atom stereocenters. The lowest BCUT2D eigenvalue weighted by atomic mass is 9.94. The van der Waals surface area contributed by atoms with Crippen LogP contribution in [0.5, 0.6) is 5.75 Å². The van der Waals surface area contributed by atoms with Crippen molar-refractivity contribution in [2.75, 3.05) is 30.2 Å². The summed E-state index contributed by atoms with van der Waals surface area (Å²) in [7, 11) is -6.64. The van der Waals surface area contributed by atoms with Crippen LogP contribution < -0.4 is 14.8 Å². The van der Waals surface area contributed by atoms with Crippen molar-refractivity contribution in [1.82, 2.24) is 4.31 Å². The molecule has 1 fully saturated rings. The molecule has 12 heteroatoms. The second-order valence-electron chi connectivity index (χ2n) is 9.70. The van der Waals surface area contributed by atoms with Gasteiger partial charge in [0.25, 0.3) is 15.9 Å². The molecule has 1 aliphatic rings. The number of carbonyl (C=O) groups is 1. The third kappa shape index (κ3) is 6.55. The lowest BCUT2D eigenvalue weighted by Crippen LogP contribution is -2.42. The van der Waals surface area contributed by atoms with Gasteiger partial charge in [0.15, 0.2) is 0 Å². The molecule has 0 saturated carbocycles. The van der Waals surface area contributed by atoms with Gasteiger partial charge >= 0.3 is 0 Å². The predicted octanol–water partition coefficient (Wildman–Crippen LogP) is 5.07. The maximum Gasteiger partial charge on any atom is 0.264 e. The molecule has 208 valence electrons. The van der Waals surface area contributed by atoms with E-state index in [1.807, 2.05) is 13.8 Å². The first-order chi connectivity index (χ1) is 18.4. The predicted molar refractivity (Wildman–Crippen MR) is 151 cm³/mol. The van der Waals surface area contributed by atoms with Gasteiger partial charge in [0, 0.05) is 24.7 Å². The minimum Gasteiger partial charge on any atom is -0.497 e. The molecule has 0 aromatic heterocycles. The summed E-state index contributed by atoms with van der Waals surface area (Å²) in [5.41, 5.74) is 0.207. The first-order valence-electron chi connectivity index (χ1n) is 12.3. The highest BCUT2D eigenvalue weighted by Crippen LogP contribution is 2.31. The van der Waals surface area contributed by atoms with E-state index in [0.29, 0.717) is 13.1 Å². The molecule has 1 saturated heterocycles. The van der Waals surface area contributed by atoms with Crippen LogP contribution in [0.25, 0.3) is 0 Å². The molecule has 0 aliphatic carbocycles. The second-order valence-corrected chi connectivity index (χ2v) is 13.7. The van der Waals surface area contributed by atoms with Crippen LogP contribution >= 0.6 is 11.6 Å². The zero-order valence-corrected chi connectivity index (χ0v) is 24.1. The number of anilines is 2. The number of rotatable bonds is 8. The molecular weight excluding hydrogens is 562 g/mol. The summed E-state index contributed by atoms with van der Waals surface area (Å²) in [5.74, 6) is 0.0343. The Morgan fingerprint density at radius 3 is 2.28 bits per heavy atom. The van der Waals surface area contributed by atoms with E-state index in [1.165, 1.54) is 59.9 Å². The zero-order chi connectivity index (χ0) is 28.4. The maximum absolute atomic E-state index is 13.4. The summed E-state index contributed by atoms with van der Waals surface area (Å²) >= 11 is 6.13. The number of benzene rings is 3. The van der Waals surface area contributed by atoms with E-state index in [2.05, 4.69) is 10.0 Å². The summed E-state index contributed by atoms with van der Waals surface area (Å²) in [6.45, 7) is 4.86. The van der Waals surface area contributed by atoms with Crippen molar-refractivity contribution in [1.29, 1.82) is 0 Å². The summed E-state index contributed by atoms with van der Waals surface area (Å²) in [5, 5.41) is 2.80. The van der Waals surface area contributed by atoms with Crippen molar-refractivity contribution < 1.29 is 26.4 Å². The molecule has 0 radical (unpaired) electrons. The van der Waals surface area contributed by atoms with Crippen LogP contribution in [0, 0.1) is 11.8 Å². The Balaban J connectivity index is 1.63. The molecule has 0 spiro atoms. The molecule has 39 heavy (non-hydrogen) atoms. The van der Waals surface area contributed by atoms with Crippen molar-refractivity contribution in [2.24, 2.45) is 11.8 Å². The summed E-state index contributed by atoms with van der Waals surface area (Å²) < 4.78 is 62.4. The average molecular weight is 592 g/mol. The molecule has 3 aromatic carbocycles. The SMILES string of the molecule is COc1ccc(NC(=O)c2cccc(S(=O)(=O)N3CC(C)CC(C)C3)c2)c(S(=O)(=O)Nc2ccccc2Cl)c1. The van der Waals surface area contributed by atoms with E-state index in [-0.39, 0.29) is 49.3 Å². The Hall–Kier alpha value is -3.12. The van der Waals surface area contributed by atoms with Crippen LogP contribution in [0.2, 0.25) is 5.02 Å². The molecule has 4 rings (SSSR count). The lowest BCUT2D eigenvalue weighted by Gasteiger charge is -2.34. The average Bonchev–Trinajstić information content (AvgIpc) is 2.89. The van der Waals surface area contributed by atoms with Gasteiger partial charge in [0.1, 0.15) is 10.6 Å². The fourth-order valence-corrected chi connectivity index (χ4v) is 7.86. The number of nitrogens with zero attached hydrogens (tertiary/aromatic N) is 1. The second kappa shape index (κ2) is 11.5. The molecule has 3 aromatic rings. The number of piperidine rings is 1. The van der Waals surface area contributed by atoms with Gasteiger partial charge in [-0.25, -0.2) is 16.8 Å². The molecule has 1 amide bonds. The van der Waals surface area contributed by atoms with E-state index in [4.69, 9.17) is 16.3 Å². The quantitative estimate of drug-likeness (QED) is 0.377. The van der Waals surface area contributed by atoms with Gasteiger partial charge in [-0.2, -0.15) is 4.31 Å². The van der Waals surface area contributed by atoms with Crippen LogP contribution in [0.4, 0.5) is 11.4 Å². The van der Waals surface area contributed by atoms with Crippen molar-refractivity contribution in [3.8, 4) is 5.75 Å². The lowest BCUT2D eigenvalue weighted by molar-refractivity contribution is 0.102. The summed E-state index contributed by atoms with van der Waals surface area (Å²) in [4.78, 5) is 13.0. The Kier molecular flexibility index (Phi) is 8.55. The van der Waals surface area contributed by atoms with Gasteiger partial charge < -0.3 is 10.1 Å². The van der Waals surface area contributed by atoms with Gasteiger partial charge in [-0.1, -0.05) is 43.6 Å². The molecule has 9 nitrogen and oxygen atoms in total. The molecule has 0 bridgehead atoms. The van der Waals surface area contributed by atoms with Crippen molar-refractivity contribution in [3.05, 3.63) is 77.3 Å². The first-order valence-corrected chi connectivity index (χ1v) is 15.6. The molecule has 2 N–H and O–H groups in total. The van der Waals surface area contributed by atoms with Crippen LogP contribution in [0.15, 0.2) is 76.5 Å². The van der Waals surface area contributed by atoms with Crippen molar-refractivity contribution >= 4 is 48.9 Å².